The molecule has 0 unspecified atom stereocenters. The molecule has 0 spiro atoms. The highest BCUT2D eigenvalue weighted by Crippen LogP contribution is 2.22. The minimum atomic E-state index is -0.315. The van der Waals surface area contributed by atoms with E-state index < -0.39 is 0 Å². The zero-order valence-corrected chi connectivity index (χ0v) is 16.8. The van der Waals surface area contributed by atoms with Crippen LogP contribution in [-0.2, 0) is 22.6 Å². The van der Waals surface area contributed by atoms with Gasteiger partial charge in [-0.25, -0.2) is 4.39 Å². The quantitative estimate of drug-likeness (QED) is 0.697. The van der Waals surface area contributed by atoms with Crippen molar-refractivity contribution in [3.63, 3.8) is 0 Å². The number of rotatable bonds is 5. The molecular weight excluding hydrogens is 379 g/mol. The van der Waals surface area contributed by atoms with E-state index in [2.05, 4.69) is 5.32 Å². The van der Waals surface area contributed by atoms with Gasteiger partial charge in [0.25, 0.3) is 0 Å². The van der Waals surface area contributed by atoms with Crippen LogP contribution in [0, 0.1) is 11.7 Å². The van der Waals surface area contributed by atoms with Crippen LogP contribution in [0.4, 0.5) is 4.39 Å². The summed E-state index contributed by atoms with van der Waals surface area (Å²) in [5.74, 6) is -0.579. The van der Waals surface area contributed by atoms with Crippen molar-refractivity contribution >= 4 is 22.6 Å². The Morgan fingerprint density at radius 3 is 2.70 bits per heavy atom. The summed E-state index contributed by atoms with van der Waals surface area (Å²) in [5.41, 5.74) is 1.74. The number of carbonyl (C=O) groups excluding carboxylic acids is 2. The average molecular weight is 404 g/mol. The lowest BCUT2D eigenvalue weighted by atomic mass is 9.95. The number of likely N-dealkylation sites (tertiary alicyclic amines) is 1. The molecule has 1 saturated heterocycles. The van der Waals surface area contributed by atoms with Crippen LogP contribution in [0.25, 0.3) is 10.8 Å². The first kappa shape index (κ1) is 20.1. The van der Waals surface area contributed by atoms with Crippen molar-refractivity contribution in [1.82, 2.24) is 10.2 Å². The highest BCUT2D eigenvalue weighted by molar-refractivity contribution is 5.90. The third-order valence-electron chi connectivity index (χ3n) is 5.72. The summed E-state index contributed by atoms with van der Waals surface area (Å²) in [4.78, 5) is 27.4. The van der Waals surface area contributed by atoms with Crippen molar-refractivity contribution in [1.29, 1.82) is 0 Å². The summed E-state index contributed by atoms with van der Waals surface area (Å²) in [5, 5.41) is 5.10. The maximum absolute atomic E-state index is 13.3. The van der Waals surface area contributed by atoms with Crippen LogP contribution in [0.1, 0.15) is 24.0 Å². The van der Waals surface area contributed by atoms with Crippen molar-refractivity contribution in [2.24, 2.45) is 5.92 Å². The molecule has 1 heterocycles. The molecule has 1 aliphatic rings. The van der Waals surface area contributed by atoms with E-state index in [9.17, 15) is 14.0 Å². The molecule has 0 aromatic heterocycles. The van der Waals surface area contributed by atoms with Gasteiger partial charge in [0.15, 0.2) is 0 Å². The van der Waals surface area contributed by atoms with Gasteiger partial charge in [-0.05, 0) is 46.9 Å². The first-order valence-corrected chi connectivity index (χ1v) is 10.4. The number of benzene rings is 3. The molecule has 3 aromatic rings. The Labute approximate surface area is 175 Å². The molecule has 4 rings (SSSR count). The Morgan fingerprint density at radius 2 is 1.83 bits per heavy atom. The molecule has 1 atom stereocenters. The number of piperidine rings is 1. The molecule has 30 heavy (non-hydrogen) atoms. The Kier molecular flexibility index (Phi) is 6.07. The lowest BCUT2D eigenvalue weighted by molar-refractivity contribution is -0.135. The monoisotopic (exact) mass is 404 g/mol. The number of fused-ring (bicyclic) bond motifs is 1. The number of hydrogen-bond acceptors (Lipinski definition) is 2. The second-order valence-corrected chi connectivity index (χ2v) is 7.84. The number of hydrogen-bond donors (Lipinski definition) is 1. The maximum atomic E-state index is 13.3. The highest BCUT2D eigenvalue weighted by atomic mass is 19.1. The molecule has 3 aromatic carbocycles. The molecule has 0 saturated carbocycles. The van der Waals surface area contributed by atoms with Gasteiger partial charge < -0.3 is 10.2 Å². The Balaban J connectivity index is 1.37. The average Bonchev–Trinajstić information content (AvgIpc) is 2.78. The number of amides is 2. The largest absolute Gasteiger partial charge is 0.352 e. The van der Waals surface area contributed by atoms with E-state index in [1.165, 1.54) is 12.1 Å². The van der Waals surface area contributed by atoms with Crippen molar-refractivity contribution < 1.29 is 14.0 Å². The predicted octanol–water partition coefficient (Wildman–Crippen LogP) is 4.08. The predicted molar refractivity (Wildman–Crippen MR) is 115 cm³/mol. The lowest BCUT2D eigenvalue weighted by Gasteiger charge is -2.32. The first-order valence-electron chi connectivity index (χ1n) is 10.4. The lowest BCUT2D eigenvalue weighted by Crippen LogP contribution is -2.45. The molecule has 1 N–H and O–H groups in total. The van der Waals surface area contributed by atoms with Gasteiger partial charge in [-0.1, -0.05) is 54.6 Å². The van der Waals surface area contributed by atoms with Gasteiger partial charge in [0.2, 0.25) is 11.8 Å². The van der Waals surface area contributed by atoms with Crippen LogP contribution in [0.2, 0.25) is 0 Å². The summed E-state index contributed by atoms with van der Waals surface area (Å²) in [6, 6.07) is 20.3. The molecule has 154 valence electrons. The standard InChI is InChI=1S/C25H25FN2O2/c26-22-11-3-6-18(14-22)16-27-25(30)21-10-5-13-28(17-21)24(29)15-20-9-4-8-19-7-1-2-12-23(19)20/h1-4,6-9,11-12,14,21H,5,10,13,15-17H2,(H,27,30)/t21-/m1/s1. The van der Waals surface area contributed by atoms with Crippen LogP contribution in [0.3, 0.4) is 0 Å². The van der Waals surface area contributed by atoms with Gasteiger partial charge in [-0.2, -0.15) is 0 Å². The fraction of sp³-hybridized carbons (Fsp3) is 0.280. The Morgan fingerprint density at radius 1 is 1.03 bits per heavy atom. The zero-order valence-electron chi connectivity index (χ0n) is 16.8. The minimum Gasteiger partial charge on any atom is -0.352 e. The Hall–Kier alpha value is -3.21. The summed E-state index contributed by atoms with van der Waals surface area (Å²) in [6.07, 6.45) is 1.89. The second-order valence-electron chi connectivity index (χ2n) is 7.84. The van der Waals surface area contributed by atoms with E-state index in [1.807, 2.05) is 42.5 Å². The molecule has 0 bridgehead atoms. The van der Waals surface area contributed by atoms with Gasteiger partial charge in [0, 0.05) is 19.6 Å². The second kappa shape index (κ2) is 9.08. The molecule has 0 aliphatic carbocycles. The van der Waals surface area contributed by atoms with Gasteiger partial charge in [-0.15, -0.1) is 0 Å². The van der Waals surface area contributed by atoms with Crippen molar-refractivity contribution in [3.05, 3.63) is 83.7 Å². The van der Waals surface area contributed by atoms with Gasteiger partial charge in [-0.3, -0.25) is 9.59 Å². The van der Waals surface area contributed by atoms with Gasteiger partial charge in [0.05, 0.1) is 12.3 Å². The number of nitrogens with one attached hydrogen (secondary N) is 1. The highest BCUT2D eigenvalue weighted by Gasteiger charge is 2.28. The third-order valence-corrected chi connectivity index (χ3v) is 5.72. The van der Waals surface area contributed by atoms with E-state index in [0.29, 0.717) is 19.5 Å². The smallest absolute Gasteiger partial charge is 0.227 e. The summed E-state index contributed by atoms with van der Waals surface area (Å²) < 4.78 is 13.3. The molecule has 5 heteroatoms. The van der Waals surface area contributed by atoms with E-state index in [0.717, 1.165) is 34.7 Å². The van der Waals surface area contributed by atoms with Crippen LogP contribution < -0.4 is 5.32 Å². The number of carbonyl (C=O) groups is 2. The molecule has 2 amide bonds. The molecular formula is C25H25FN2O2. The molecule has 0 radical (unpaired) electrons. The van der Waals surface area contributed by atoms with Crippen LogP contribution in [0.5, 0.6) is 0 Å². The fourth-order valence-electron chi connectivity index (χ4n) is 4.12. The fourth-order valence-corrected chi connectivity index (χ4v) is 4.12. The minimum absolute atomic E-state index is 0.0500. The number of halogens is 1. The summed E-state index contributed by atoms with van der Waals surface area (Å²) in [6.45, 7) is 1.40. The summed E-state index contributed by atoms with van der Waals surface area (Å²) >= 11 is 0. The SMILES string of the molecule is O=C(NCc1cccc(F)c1)[C@@H]1CCCN(C(=O)Cc2cccc3ccccc23)C1. The van der Waals surface area contributed by atoms with Crippen LogP contribution in [-0.4, -0.2) is 29.8 Å². The van der Waals surface area contributed by atoms with E-state index in [-0.39, 0.29) is 30.1 Å². The van der Waals surface area contributed by atoms with E-state index in [4.69, 9.17) is 0 Å². The van der Waals surface area contributed by atoms with Crippen LogP contribution in [0.15, 0.2) is 66.7 Å². The van der Waals surface area contributed by atoms with E-state index >= 15 is 0 Å². The Bertz CT molecular complexity index is 1060. The molecule has 4 nitrogen and oxygen atoms in total. The van der Waals surface area contributed by atoms with Gasteiger partial charge in [0.1, 0.15) is 5.82 Å². The van der Waals surface area contributed by atoms with Crippen LogP contribution >= 0.6 is 0 Å². The van der Waals surface area contributed by atoms with Gasteiger partial charge >= 0.3 is 0 Å². The third kappa shape index (κ3) is 4.67. The number of nitrogens with zero attached hydrogens (tertiary/aromatic N) is 1. The topological polar surface area (TPSA) is 49.4 Å². The zero-order chi connectivity index (χ0) is 20.9. The summed E-state index contributed by atoms with van der Waals surface area (Å²) in [7, 11) is 0. The normalized spacial score (nSPS) is 16.4. The molecule has 1 aliphatic heterocycles. The first-order chi connectivity index (χ1) is 14.6. The van der Waals surface area contributed by atoms with Crippen molar-refractivity contribution in [2.75, 3.05) is 13.1 Å². The van der Waals surface area contributed by atoms with E-state index in [1.54, 1.807) is 17.0 Å². The maximum Gasteiger partial charge on any atom is 0.227 e. The molecule has 1 fully saturated rings. The van der Waals surface area contributed by atoms with Crippen molar-refractivity contribution in [2.45, 2.75) is 25.8 Å². The van der Waals surface area contributed by atoms with Crippen molar-refractivity contribution in [3.8, 4) is 0 Å².